The predicted molar refractivity (Wildman–Crippen MR) is 93.4 cm³/mol. The van der Waals surface area contributed by atoms with Crippen LogP contribution in [0.15, 0.2) is 67.3 Å². The van der Waals surface area contributed by atoms with Crippen LogP contribution in [-0.2, 0) is 13.1 Å². The van der Waals surface area contributed by atoms with Gasteiger partial charge < -0.3 is 10.6 Å². The Labute approximate surface area is 145 Å². The fraction of sp³-hybridized carbons (Fsp3) is 0.105. The molecule has 5 nitrogen and oxygen atoms in total. The zero-order chi connectivity index (χ0) is 17.5. The van der Waals surface area contributed by atoms with Crippen molar-refractivity contribution in [2.75, 3.05) is 5.32 Å². The molecule has 0 atom stereocenters. The highest BCUT2D eigenvalue weighted by molar-refractivity contribution is 5.94. The van der Waals surface area contributed by atoms with E-state index in [0.29, 0.717) is 29.9 Å². The molecule has 25 heavy (non-hydrogen) atoms. The van der Waals surface area contributed by atoms with Crippen molar-refractivity contribution in [1.29, 1.82) is 0 Å². The fourth-order valence-corrected chi connectivity index (χ4v) is 2.28. The van der Waals surface area contributed by atoms with Crippen molar-refractivity contribution in [3.63, 3.8) is 0 Å². The van der Waals surface area contributed by atoms with Gasteiger partial charge in [0.25, 0.3) is 5.91 Å². The molecule has 126 valence electrons. The maximum absolute atomic E-state index is 13.6. The molecule has 2 N–H and O–H groups in total. The number of pyridine rings is 2. The molecule has 0 saturated heterocycles. The van der Waals surface area contributed by atoms with Gasteiger partial charge in [0.15, 0.2) is 0 Å². The first-order valence-corrected chi connectivity index (χ1v) is 7.82. The quantitative estimate of drug-likeness (QED) is 0.726. The van der Waals surface area contributed by atoms with E-state index in [1.165, 1.54) is 12.3 Å². The average molecular weight is 336 g/mol. The standard InChI is InChI=1S/C19H17FN4O/c20-18-4-2-1-3-15(18)12-23-17-9-16(11-22-13-17)19(25)24-10-14-5-7-21-8-6-14/h1-9,11,13,23H,10,12H2,(H,24,25). The second kappa shape index (κ2) is 8.01. The van der Waals surface area contributed by atoms with Crippen molar-refractivity contribution in [2.45, 2.75) is 13.1 Å². The van der Waals surface area contributed by atoms with Crippen molar-refractivity contribution < 1.29 is 9.18 Å². The van der Waals surface area contributed by atoms with Crippen LogP contribution < -0.4 is 10.6 Å². The zero-order valence-electron chi connectivity index (χ0n) is 13.4. The first-order valence-electron chi connectivity index (χ1n) is 7.82. The van der Waals surface area contributed by atoms with Crippen LogP contribution in [0.5, 0.6) is 0 Å². The number of benzene rings is 1. The second-order valence-electron chi connectivity index (χ2n) is 5.45. The van der Waals surface area contributed by atoms with Gasteiger partial charge in [-0.05, 0) is 29.8 Å². The Bertz CT molecular complexity index is 855. The Kier molecular flexibility index (Phi) is 5.31. The van der Waals surface area contributed by atoms with Crippen LogP contribution >= 0.6 is 0 Å². The highest BCUT2D eigenvalue weighted by Crippen LogP contribution is 2.12. The minimum Gasteiger partial charge on any atom is -0.380 e. The minimum atomic E-state index is -0.269. The Morgan fingerprint density at radius 3 is 2.60 bits per heavy atom. The maximum atomic E-state index is 13.6. The molecule has 0 spiro atoms. The fourth-order valence-electron chi connectivity index (χ4n) is 2.28. The summed E-state index contributed by atoms with van der Waals surface area (Å²) in [6, 6.07) is 11.9. The summed E-state index contributed by atoms with van der Waals surface area (Å²) in [5.41, 5.74) is 2.60. The topological polar surface area (TPSA) is 66.9 Å². The van der Waals surface area contributed by atoms with Crippen molar-refractivity contribution in [3.8, 4) is 0 Å². The summed E-state index contributed by atoms with van der Waals surface area (Å²) in [4.78, 5) is 20.2. The predicted octanol–water partition coefficient (Wildman–Crippen LogP) is 3.16. The highest BCUT2D eigenvalue weighted by atomic mass is 19.1. The molecule has 0 fully saturated rings. The smallest absolute Gasteiger partial charge is 0.253 e. The van der Waals surface area contributed by atoms with Crippen molar-refractivity contribution in [2.24, 2.45) is 0 Å². The maximum Gasteiger partial charge on any atom is 0.253 e. The summed E-state index contributed by atoms with van der Waals surface area (Å²) in [6.45, 7) is 0.727. The number of anilines is 1. The van der Waals surface area contributed by atoms with E-state index in [4.69, 9.17) is 0 Å². The van der Waals surface area contributed by atoms with Gasteiger partial charge in [-0.25, -0.2) is 4.39 Å². The normalized spacial score (nSPS) is 10.3. The second-order valence-corrected chi connectivity index (χ2v) is 5.45. The lowest BCUT2D eigenvalue weighted by Gasteiger charge is -2.09. The number of carbonyl (C=O) groups is 1. The van der Waals surface area contributed by atoms with Crippen LogP contribution in [0.4, 0.5) is 10.1 Å². The lowest BCUT2D eigenvalue weighted by atomic mass is 10.2. The van der Waals surface area contributed by atoms with Gasteiger partial charge in [-0.2, -0.15) is 0 Å². The molecule has 3 aromatic rings. The summed E-state index contributed by atoms with van der Waals surface area (Å²) >= 11 is 0. The Balaban J connectivity index is 1.61. The number of hydrogen-bond donors (Lipinski definition) is 2. The first-order chi connectivity index (χ1) is 12.2. The third-order valence-corrected chi connectivity index (χ3v) is 3.64. The van der Waals surface area contributed by atoms with E-state index in [9.17, 15) is 9.18 Å². The number of carbonyl (C=O) groups excluding carboxylic acids is 1. The number of hydrogen-bond acceptors (Lipinski definition) is 4. The van der Waals surface area contributed by atoms with Crippen LogP contribution in [0, 0.1) is 5.82 Å². The molecule has 0 unspecified atom stereocenters. The van der Waals surface area contributed by atoms with Gasteiger partial charge in [-0.3, -0.25) is 14.8 Å². The minimum absolute atomic E-state index is 0.223. The van der Waals surface area contributed by atoms with Crippen molar-refractivity contribution >= 4 is 11.6 Å². The summed E-state index contributed by atoms with van der Waals surface area (Å²) in [6.07, 6.45) is 6.45. The van der Waals surface area contributed by atoms with E-state index >= 15 is 0 Å². The third-order valence-electron chi connectivity index (χ3n) is 3.64. The van der Waals surface area contributed by atoms with Crippen LogP contribution in [0.1, 0.15) is 21.5 Å². The van der Waals surface area contributed by atoms with E-state index in [-0.39, 0.29) is 11.7 Å². The number of amides is 1. The molecular weight excluding hydrogens is 319 g/mol. The first kappa shape index (κ1) is 16.6. The molecule has 0 aliphatic heterocycles. The van der Waals surface area contributed by atoms with Gasteiger partial charge in [-0.1, -0.05) is 18.2 Å². The summed E-state index contributed by atoms with van der Waals surface area (Å²) in [7, 11) is 0. The van der Waals surface area contributed by atoms with Crippen LogP contribution in [-0.4, -0.2) is 15.9 Å². The molecule has 2 aromatic heterocycles. The summed E-state index contributed by atoms with van der Waals surface area (Å²) in [5.74, 6) is -0.493. The number of rotatable bonds is 6. The highest BCUT2D eigenvalue weighted by Gasteiger charge is 2.07. The molecule has 0 radical (unpaired) electrons. The number of aromatic nitrogens is 2. The van der Waals surface area contributed by atoms with Crippen LogP contribution in [0.25, 0.3) is 0 Å². The van der Waals surface area contributed by atoms with Crippen molar-refractivity contribution in [1.82, 2.24) is 15.3 Å². The van der Waals surface area contributed by atoms with Gasteiger partial charge in [0.05, 0.1) is 11.3 Å². The van der Waals surface area contributed by atoms with E-state index in [1.54, 1.807) is 42.9 Å². The lowest BCUT2D eigenvalue weighted by Crippen LogP contribution is -2.23. The molecule has 1 amide bonds. The molecular formula is C19H17FN4O. The van der Waals surface area contributed by atoms with Crippen LogP contribution in [0.2, 0.25) is 0 Å². The average Bonchev–Trinajstić information content (AvgIpc) is 2.66. The largest absolute Gasteiger partial charge is 0.380 e. The molecule has 3 rings (SSSR count). The Morgan fingerprint density at radius 2 is 1.80 bits per heavy atom. The lowest BCUT2D eigenvalue weighted by molar-refractivity contribution is 0.0950. The van der Waals surface area contributed by atoms with Gasteiger partial charge in [-0.15, -0.1) is 0 Å². The SMILES string of the molecule is O=C(NCc1ccncc1)c1cncc(NCc2ccccc2F)c1. The molecule has 1 aromatic carbocycles. The van der Waals surface area contributed by atoms with Gasteiger partial charge in [0.1, 0.15) is 5.82 Å². The van der Waals surface area contributed by atoms with E-state index in [2.05, 4.69) is 20.6 Å². The van der Waals surface area contributed by atoms with Crippen LogP contribution in [0.3, 0.4) is 0 Å². The third kappa shape index (κ3) is 4.60. The summed E-state index contributed by atoms with van der Waals surface area (Å²) < 4.78 is 13.6. The Morgan fingerprint density at radius 1 is 1.00 bits per heavy atom. The molecule has 0 saturated carbocycles. The molecule has 0 aliphatic rings. The Hall–Kier alpha value is -3.28. The van der Waals surface area contributed by atoms with E-state index < -0.39 is 0 Å². The number of nitrogens with zero attached hydrogens (tertiary/aromatic N) is 2. The monoisotopic (exact) mass is 336 g/mol. The van der Waals surface area contributed by atoms with Gasteiger partial charge >= 0.3 is 0 Å². The molecule has 6 heteroatoms. The van der Waals surface area contributed by atoms with Gasteiger partial charge in [0, 0.05) is 43.4 Å². The van der Waals surface area contributed by atoms with E-state index in [0.717, 1.165) is 5.56 Å². The number of nitrogens with one attached hydrogen (secondary N) is 2. The van der Waals surface area contributed by atoms with Gasteiger partial charge in [0.2, 0.25) is 0 Å². The van der Waals surface area contributed by atoms with E-state index in [1.807, 2.05) is 12.1 Å². The zero-order valence-corrected chi connectivity index (χ0v) is 13.4. The molecule has 0 bridgehead atoms. The summed E-state index contributed by atoms with van der Waals surface area (Å²) in [5, 5.41) is 5.91. The molecule has 2 heterocycles. The van der Waals surface area contributed by atoms with Crippen molar-refractivity contribution in [3.05, 3.63) is 89.8 Å². The molecule has 0 aliphatic carbocycles. The number of halogens is 1.